The molecule has 4 N–H and O–H groups in total. The van der Waals surface area contributed by atoms with E-state index in [1.807, 2.05) is 6.07 Å². The maximum atomic E-state index is 12.1. The Morgan fingerprint density at radius 1 is 1.42 bits per heavy atom. The fraction of sp³-hybridized carbons (Fsp3) is 0.417. The van der Waals surface area contributed by atoms with Crippen molar-refractivity contribution in [1.29, 1.82) is 0 Å². The van der Waals surface area contributed by atoms with Crippen LogP contribution < -0.4 is 10.5 Å². The van der Waals surface area contributed by atoms with Crippen molar-refractivity contribution in [2.45, 2.75) is 24.6 Å². The summed E-state index contributed by atoms with van der Waals surface area (Å²) in [4.78, 5) is 0. The first-order valence-corrected chi connectivity index (χ1v) is 7.68. The van der Waals surface area contributed by atoms with Crippen LogP contribution in [0, 0.1) is 5.92 Å². The predicted molar refractivity (Wildman–Crippen MR) is 72.1 cm³/mol. The molecule has 0 bridgehead atoms. The van der Waals surface area contributed by atoms with Crippen molar-refractivity contribution < 1.29 is 13.6 Å². The van der Waals surface area contributed by atoms with E-state index >= 15 is 0 Å². The molecule has 0 saturated heterocycles. The number of amidine groups is 1. The largest absolute Gasteiger partial charge is 0.409 e. The first-order valence-electron chi connectivity index (χ1n) is 6.03. The Hall–Kier alpha value is -1.60. The minimum absolute atomic E-state index is 0.0841. The van der Waals surface area contributed by atoms with Crippen molar-refractivity contribution in [3.63, 3.8) is 0 Å². The van der Waals surface area contributed by atoms with E-state index in [-0.39, 0.29) is 17.5 Å². The molecule has 7 heteroatoms. The molecule has 0 aromatic heterocycles. The number of nitrogens with one attached hydrogen (secondary N) is 1. The first kappa shape index (κ1) is 13.8. The van der Waals surface area contributed by atoms with Crippen LogP contribution in [0.25, 0.3) is 0 Å². The molecule has 2 rings (SSSR count). The van der Waals surface area contributed by atoms with Gasteiger partial charge in [-0.2, -0.15) is 0 Å². The normalized spacial score (nSPS) is 18.2. The quantitative estimate of drug-likeness (QED) is 0.308. The highest BCUT2D eigenvalue weighted by atomic mass is 32.2. The minimum Gasteiger partial charge on any atom is -0.409 e. The van der Waals surface area contributed by atoms with Gasteiger partial charge in [-0.05, 0) is 24.3 Å². The number of hydrogen-bond acceptors (Lipinski definition) is 4. The van der Waals surface area contributed by atoms with Crippen molar-refractivity contribution >= 4 is 15.9 Å². The second-order valence-electron chi connectivity index (χ2n) is 4.70. The van der Waals surface area contributed by atoms with Gasteiger partial charge in [-0.3, -0.25) is 0 Å². The minimum atomic E-state index is -3.52. The number of nitrogens with two attached hydrogens (primary N) is 1. The second kappa shape index (κ2) is 5.58. The Balaban J connectivity index is 2.07. The Kier molecular flexibility index (Phi) is 4.06. The third kappa shape index (κ3) is 3.93. The molecule has 1 unspecified atom stereocenters. The molecule has 1 aromatic rings. The molecule has 0 aliphatic heterocycles. The van der Waals surface area contributed by atoms with E-state index in [9.17, 15) is 8.42 Å². The van der Waals surface area contributed by atoms with Crippen molar-refractivity contribution in [1.82, 2.24) is 4.72 Å². The third-order valence-electron chi connectivity index (χ3n) is 3.03. The van der Waals surface area contributed by atoms with E-state index in [4.69, 9.17) is 10.9 Å². The average Bonchev–Trinajstić information content (AvgIpc) is 3.20. The fourth-order valence-electron chi connectivity index (χ4n) is 1.92. The van der Waals surface area contributed by atoms with Gasteiger partial charge in [-0.1, -0.05) is 35.5 Å². The lowest BCUT2D eigenvalue weighted by molar-refractivity contribution is 0.314. The maximum absolute atomic E-state index is 12.1. The van der Waals surface area contributed by atoms with E-state index < -0.39 is 16.1 Å². The van der Waals surface area contributed by atoms with Crippen LogP contribution in [0.1, 0.15) is 18.4 Å². The fourth-order valence-corrected chi connectivity index (χ4v) is 3.33. The molecule has 1 atom stereocenters. The molecule has 1 saturated carbocycles. The zero-order valence-electron chi connectivity index (χ0n) is 10.4. The Morgan fingerprint density at radius 2 is 2.05 bits per heavy atom. The van der Waals surface area contributed by atoms with E-state index in [0.29, 0.717) is 5.56 Å². The summed E-state index contributed by atoms with van der Waals surface area (Å²) >= 11 is 0. The summed E-state index contributed by atoms with van der Waals surface area (Å²) in [6.45, 7) is 0. The summed E-state index contributed by atoms with van der Waals surface area (Å²) in [6, 6.07) is 8.27. The van der Waals surface area contributed by atoms with Crippen LogP contribution in [0.5, 0.6) is 0 Å². The number of rotatable bonds is 6. The van der Waals surface area contributed by atoms with Gasteiger partial charge in [0.15, 0.2) is 5.84 Å². The zero-order chi connectivity index (χ0) is 13.9. The molecule has 104 valence electrons. The molecule has 6 nitrogen and oxygen atoms in total. The highest BCUT2D eigenvalue weighted by molar-refractivity contribution is 7.88. The van der Waals surface area contributed by atoms with Gasteiger partial charge < -0.3 is 10.9 Å². The Morgan fingerprint density at radius 3 is 2.58 bits per heavy atom. The summed E-state index contributed by atoms with van der Waals surface area (Å²) < 4.78 is 26.6. The molecule has 1 aromatic carbocycles. The molecule has 1 aliphatic carbocycles. The third-order valence-corrected chi connectivity index (χ3v) is 4.36. The summed E-state index contributed by atoms with van der Waals surface area (Å²) in [6.07, 6.45) is 1.77. The molecule has 1 fully saturated rings. The van der Waals surface area contributed by atoms with E-state index in [1.165, 1.54) is 0 Å². The number of hydrogen-bond donors (Lipinski definition) is 3. The van der Waals surface area contributed by atoms with Gasteiger partial charge in [0.1, 0.15) is 0 Å². The molecule has 0 heterocycles. The van der Waals surface area contributed by atoms with Gasteiger partial charge in [-0.25, -0.2) is 13.1 Å². The smallest absolute Gasteiger partial charge is 0.216 e. The number of nitrogens with zero attached hydrogens (tertiary/aromatic N) is 1. The first-order chi connectivity index (χ1) is 9.02. The van der Waals surface area contributed by atoms with Gasteiger partial charge in [0.25, 0.3) is 0 Å². The van der Waals surface area contributed by atoms with Gasteiger partial charge in [0, 0.05) is 0 Å². The standard InChI is InChI=1S/C12H17N3O3S/c13-12(14-16)11(10-6-7-10)15-19(17,18)8-9-4-2-1-3-5-9/h1-5,10-11,15-16H,6-8H2,(H2,13,14). The number of oxime groups is 1. The number of benzene rings is 1. The van der Waals surface area contributed by atoms with E-state index in [1.54, 1.807) is 24.3 Å². The molecular weight excluding hydrogens is 266 g/mol. The lowest BCUT2D eigenvalue weighted by Crippen LogP contribution is -2.46. The van der Waals surface area contributed by atoms with Crippen LogP contribution in [0.15, 0.2) is 35.5 Å². The van der Waals surface area contributed by atoms with Gasteiger partial charge in [0.2, 0.25) is 10.0 Å². The molecule has 19 heavy (non-hydrogen) atoms. The van der Waals surface area contributed by atoms with Gasteiger partial charge in [0.05, 0.1) is 11.8 Å². The second-order valence-corrected chi connectivity index (χ2v) is 6.46. The summed E-state index contributed by atoms with van der Waals surface area (Å²) in [5.41, 5.74) is 6.23. The van der Waals surface area contributed by atoms with Crippen LogP contribution in [0.3, 0.4) is 0 Å². The molecule has 1 aliphatic rings. The molecular formula is C12H17N3O3S. The van der Waals surface area contributed by atoms with E-state index in [0.717, 1.165) is 12.8 Å². The highest BCUT2D eigenvalue weighted by Gasteiger charge is 2.36. The highest BCUT2D eigenvalue weighted by Crippen LogP contribution is 2.33. The average molecular weight is 283 g/mol. The van der Waals surface area contributed by atoms with Crippen LogP contribution in [0.2, 0.25) is 0 Å². The lowest BCUT2D eigenvalue weighted by atomic mass is 10.2. The van der Waals surface area contributed by atoms with Crippen LogP contribution >= 0.6 is 0 Å². The Bertz CT molecular complexity index is 553. The van der Waals surface area contributed by atoms with Crippen molar-refractivity contribution in [2.75, 3.05) is 0 Å². The SMILES string of the molecule is NC(=NO)C(NS(=O)(=O)Cc1ccccc1)C1CC1. The van der Waals surface area contributed by atoms with Crippen molar-refractivity contribution in [2.24, 2.45) is 16.8 Å². The van der Waals surface area contributed by atoms with Gasteiger partial charge >= 0.3 is 0 Å². The van der Waals surface area contributed by atoms with Crippen molar-refractivity contribution in [3.05, 3.63) is 35.9 Å². The Labute approximate surface area is 112 Å². The summed E-state index contributed by atoms with van der Waals surface area (Å²) in [7, 11) is -3.52. The van der Waals surface area contributed by atoms with Gasteiger partial charge in [-0.15, -0.1) is 0 Å². The monoisotopic (exact) mass is 283 g/mol. The predicted octanol–water partition coefficient (Wildman–Crippen LogP) is 0.631. The summed E-state index contributed by atoms with van der Waals surface area (Å²) in [5, 5.41) is 11.6. The van der Waals surface area contributed by atoms with Crippen LogP contribution in [0.4, 0.5) is 0 Å². The molecule has 0 spiro atoms. The number of sulfonamides is 1. The van der Waals surface area contributed by atoms with E-state index in [2.05, 4.69) is 9.88 Å². The van der Waals surface area contributed by atoms with Crippen LogP contribution in [-0.4, -0.2) is 25.5 Å². The molecule has 0 amide bonds. The summed E-state index contributed by atoms with van der Waals surface area (Å²) in [5.74, 6) is -0.0731. The zero-order valence-corrected chi connectivity index (χ0v) is 11.2. The maximum Gasteiger partial charge on any atom is 0.216 e. The molecule has 0 radical (unpaired) electrons. The van der Waals surface area contributed by atoms with Crippen LogP contribution in [-0.2, 0) is 15.8 Å². The lowest BCUT2D eigenvalue weighted by Gasteiger charge is -2.16. The topological polar surface area (TPSA) is 105 Å². The van der Waals surface area contributed by atoms with Crippen molar-refractivity contribution in [3.8, 4) is 0 Å².